The molecule has 19 heavy (non-hydrogen) atoms. The van der Waals surface area contributed by atoms with Crippen LogP contribution in [0.15, 0.2) is 24.3 Å². The van der Waals surface area contributed by atoms with Crippen molar-refractivity contribution in [1.29, 1.82) is 0 Å². The van der Waals surface area contributed by atoms with Crippen LogP contribution in [0.3, 0.4) is 0 Å². The molecule has 1 aromatic carbocycles. The molecule has 1 fully saturated rings. The molecule has 0 bridgehead atoms. The molecular weight excluding hydrogens is 246 g/mol. The quantitative estimate of drug-likeness (QED) is 0.889. The van der Waals surface area contributed by atoms with Crippen molar-refractivity contribution in [1.82, 2.24) is 4.90 Å². The summed E-state index contributed by atoms with van der Waals surface area (Å²) in [4.78, 5) is 2.33. The van der Waals surface area contributed by atoms with Crippen molar-refractivity contribution in [2.45, 2.75) is 31.7 Å². The van der Waals surface area contributed by atoms with E-state index in [4.69, 9.17) is 5.73 Å². The van der Waals surface area contributed by atoms with E-state index < -0.39 is 6.43 Å². The Labute approximate surface area is 113 Å². The number of likely N-dealkylation sites (tertiary alicyclic amines) is 1. The number of nitrogens with zero attached hydrogens (tertiary/aromatic N) is 1. The summed E-state index contributed by atoms with van der Waals surface area (Å²) < 4.78 is 24.3. The summed E-state index contributed by atoms with van der Waals surface area (Å²) in [6.45, 7) is 1.77. The van der Waals surface area contributed by atoms with E-state index in [0.29, 0.717) is 18.4 Å². The van der Waals surface area contributed by atoms with E-state index in [0.717, 1.165) is 25.1 Å². The zero-order chi connectivity index (χ0) is 13.8. The van der Waals surface area contributed by atoms with Crippen LogP contribution in [0.4, 0.5) is 8.78 Å². The van der Waals surface area contributed by atoms with Crippen molar-refractivity contribution in [2.75, 3.05) is 20.1 Å². The van der Waals surface area contributed by atoms with Crippen LogP contribution in [0.1, 0.15) is 30.0 Å². The van der Waals surface area contributed by atoms with Crippen LogP contribution >= 0.6 is 0 Å². The molecule has 1 aromatic rings. The number of hydrogen-bond acceptors (Lipinski definition) is 2. The third-order valence-electron chi connectivity index (χ3n) is 3.98. The van der Waals surface area contributed by atoms with Gasteiger partial charge in [-0.1, -0.05) is 24.3 Å². The molecule has 1 saturated heterocycles. The SMILES string of the molecule is CN1CC(CN)CC1c1ccc(CCC(F)F)cc1. The van der Waals surface area contributed by atoms with E-state index in [1.165, 1.54) is 5.56 Å². The Morgan fingerprint density at radius 3 is 2.53 bits per heavy atom. The molecule has 0 spiro atoms. The molecule has 0 aromatic heterocycles. The van der Waals surface area contributed by atoms with Crippen molar-refractivity contribution < 1.29 is 8.78 Å². The third kappa shape index (κ3) is 3.74. The van der Waals surface area contributed by atoms with Gasteiger partial charge in [0.15, 0.2) is 0 Å². The van der Waals surface area contributed by atoms with Gasteiger partial charge in [0.25, 0.3) is 0 Å². The zero-order valence-electron chi connectivity index (χ0n) is 11.4. The first-order valence-corrected chi connectivity index (χ1v) is 6.87. The number of hydrogen-bond donors (Lipinski definition) is 1. The van der Waals surface area contributed by atoms with E-state index in [2.05, 4.69) is 24.1 Å². The van der Waals surface area contributed by atoms with Crippen molar-refractivity contribution >= 4 is 0 Å². The molecule has 0 saturated carbocycles. The van der Waals surface area contributed by atoms with E-state index in [1.54, 1.807) is 0 Å². The highest BCUT2D eigenvalue weighted by atomic mass is 19.3. The second-order valence-corrected chi connectivity index (χ2v) is 5.46. The molecule has 1 aliphatic rings. The zero-order valence-corrected chi connectivity index (χ0v) is 11.4. The lowest BCUT2D eigenvalue weighted by Crippen LogP contribution is -2.20. The lowest BCUT2D eigenvalue weighted by atomic mass is 9.98. The summed E-state index contributed by atoms with van der Waals surface area (Å²) in [5.41, 5.74) is 7.98. The third-order valence-corrected chi connectivity index (χ3v) is 3.98. The van der Waals surface area contributed by atoms with Gasteiger partial charge < -0.3 is 5.73 Å². The predicted octanol–water partition coefficient (Wildman–Crippen LogP) is 2.84. The first-order valence-electron chi connectivity index (χ1n) is 6.87. The summed E-state index contributed by atoms with van der Waals surface area (Å²) in [6, 6.07) is 8.50. The molecule has 1 heterocycles. The van der Waals surface area contributed by atoms with E-state index in [9.17, 15) is 8.78 Å². The van der Waals surface area contributed by atoms with Gasteiger partial charge in [0.2, 0.25) is 6.43 Å². The fourth-order valence-electron chi connectivity index (χ4n) is 2.85. The number of benzene rings is 1. The first kappa shape index (κ1) is 14.4. The smallest absolute Gasteiger partial charge is 0.239 e. The minimum absolute atomic E-state index is 0.0576. The number of nitrogens with two attached hydrogens (primary N) is 1. The second kappa shape index (κ2) is 6.44. The number of halogens is 2. The maximum Gasteiger partial charge on any atom is 0.239 e. The van der Waals surface area contributed by atoms with Gasteiger partial charge in [-0.2, -0.15) is 0 Å². The minimum Gasteiger partial charge on any atom is -0.330 e. The molecule has 0 aliphatic carbocycles. The normalized spacial score (nSPS) is 24.3. The molecule has 2 nitrogen and oxygen atoms in total. The van der Waals surface area contributed by atoms with Crippen molar-refractivity contribution in [3.8, 4) is 0 Å². The van der Waals surface area contributed by atoms with E-state index in [-0.39, 0.29) is 6.42 Å². The fraction of sp³-hybridized carbons (Fsp3) is 0.600. The average molecular weight is 268 g/mol. The maximum absolute atomic E-state index is 12.2. The lowest BCUT2D eigenvalue weighted by Gasteiger charge is -2.19. The first-order chi connectivity index (χ1) is 9.10. The molecule has 106 valence electrons. The largest absolute Gasteiger partial charge is 0.330 e. The van der Waals surface area contributed by atoms with Crippen LogP contribution in [0.2, 0.25) is 0 Å². The summed E-state index contributed by atoms with van der Waals surface area (Å²) in [6.07, 6.45) is -0.739. The Morgan fingerprint density at radius 2 is 2.00 bits per heavy atom. The summed E-state index contributed by atoms with van der Waals surface area (Å²) in [7, 11) is 2.12. The van der Waals surface area contributed by atoms with Gasteiger partial charge in [-0.25, -0.2) is 8.78 Å². The molecular formula is C15H22F2N2. The highest BCUT2D eigenvalue weighted by Gasteiger charge is 2.29. The molecule has 0 radical (unpaired) electrons. The van der Waals surface area contributed by atoms with Gasteiger partial charge in [0.1, 0.15) is 0 Å². The highest BCUT2D eigenvalue weighted by Crippen LogP contribution is 2.33. The van der Waals surface area contributed by atoms with Gasteiger partial charge in [-0.15, -0.1) is 0 Å². The van der Waals surface area contributed by atoms with Gasteiger partial charge >= 0.3 is 0 Å². The van der Waals surface area contributed by atoms with Crippen LogP contribution < -0.4 is 5.73 Å². The minimum atomic E-state index is -2.22. The van der Waals surface area contributed by atoms with Gasteiger partial charge in [-0.3, -0.25) is 4.90 Å². The number of aryl methyl sites for hydroxylation is 1. The molecule has 2 rings (SSSR count). The molecule has 4 heteroatoms. The molecule has 0 amide bonds. The van der Waals surface area contributed by atoms with Crippen LogP contribution in [0, 0.1) is 5.92 Å². The molecule has 2 unspecified atom stereocenters. The summed E-state index contributed by atoms with van der Waals surface area (Å²) >= 11 is 0. The molecule has 2 N–H and O–H groups in total. The van der Waals surface area contributed by atoms with Crippen molar-refractivity contribution in [2.24, 2.45) is 11.7 Å². The topological polar surface area (TPSA) is 29.3 Å². The average Bonchev–Trinajstić information content (AvgIpc) is 2.78. The number of alkyl halides is 2. The fourth-order valence-corrected chi connectivity index (χ4v) is 2.85. The van der Waals surface area contributed by atoms with Crippen LogP contribution in [-0.2, 0) is 6.42 Å². The van der Waals surface area contributed by atoms with Crippen molar-refractivity contribution in [3.05, 3.63) is 35.4 Å². The van der Waals surface area contributed by atoms with Gasteiger partial charge in [-0.05, 0) is 43.5 Å². The van der Waals surface area contributed by atoms with Crippen molar-refractivity contribution in [3.63, 3.8) is 0 Å². The van der Waals surface area contributed by atoms with Crippen LogP contribution in [0.25, 0.3) is 0 Å². The van der Waals surface area contributed by atoms with Crippen LogP contribution in [0.5, 0.6) is 0 Å². The van der Waals surface area contributed by atoms with Gasteiger partial charge in [0.05, 0.1) is 0 Å². The Hall–Kier alpha value is -1.00. The Morgan fingerprint density at radius 1 is 1.32 bits per heavy atom. The monoisotopic (exact) mass is 268 g/mol. The lowest BCUT2D eigenvalue weighted by molar-refractivity contribution is 0.138. The van der Waals surface area contributed by atoms with Crippen LogP contribution in [-0.4, -0.2) is 31.5 Å². The van der Waals surface area contributed by atoms with Gasteiger partial charge in [0, 0.05) is 19.0 Å². The number of rotatable bonds is 5. The Balaban J connectivity index is 1.98. The molecule has 2 atom stereocenters. The predicted molar refractivity (Wildman–Crippen MR) is 73.3 cm³/mol. The summed E-state index contributed by atoms with van der Waals surface area (Å²) in [5, 5.41) is 0. The van der Waals surface area contributed by atoms with E-state index in [1.807, 2.05) is 12.1 Å². The summed E-state index contributed by atoms with van der Waals surface area (Å²) in [5.74, 6) is 0.563. The highest BCUT2D eigenvalue weighted by molar-refractivity contribution is 5.26. The van der Waals surface area contributed by atoms with E-state index >= 15 is 0 Å². The Bertz CT molecular complexity index is 392. The maximum atomic E-state index is 12.2. The standard InChI is InChI=1S/C15H22F2N2/c1-19-10-12(9-18)8-14(19)13-5-2-11(3-6-13)4-7-15(16)17/h2-3,5-6,12,14-15H,4,7-10,18H2,1H3. The molecule has 1 aliphatic heterocycles. The Kier molecular flexibility index (Phi) is 4.88. The second-order valence-electron chi connectivity index (χ2n) is 5.46.